The predicted octanol–water partition coefficient (Wildman–Crippen LogP) is 4.90. The molecule has 0 saturated carbocycles. The number of benzene rings is 2. The Morgan fingerprint density at radius 2 is 1.64 bits per heavy atom. The van der Waals surface area contributed by atoms with E-state index in [1.165, 1.54) is 11.1 Å². The van der Waals surface area contributed by atoms with E-state index in [9.17, 15) is 0 Å². The first kappa shape index (κ1) is 31.0. The zero-order valence-electron chi connectivity index (χ0n) is 20.1. The van der Waals surface area contributed by atoms with Crippen LogP contribution in [0.25, 0.3) is 0 Å². The molecule has 0 unspecified atom stereocenters. The Morgan fingerprint density at radius 3 is 2.12 bits per heavy atom. The molecule has 0 spiro atoms. The number of aromatic nitrogens is 1. The van der Waals surface area contributed by atoms with Gasteiger partial charge in [-0.1, -0.05) is 68.4 Å². The van der Waals surface area contributed by atoms with Gasteiger partial charge in [0.25, 0.3) is 0 Å². The van der Waals surface area contributed by atoms with Crippen molar-refractivity contribution < 1.29 is 29.5 Å². The summed E-state index contributed by atoms with van der Waals surface area (Å²) in [6, 6.07) is 14.4. The summed E-state index contributed by atoms with van der Waals surface area (Å²) in [6.07, 6.45) is 8.39. The van der Waals surface area contributed by atoms with E-state index >= 15 is 0 Å². The van der Waals surface area contributed by atoms with Crippen molar-refractivity contribution in [3.05, 3.63) is 87.7 Å². The van der Waals surface area contributed by atoms with Crippen molar-refractivity contribution in [2.75, 3.05) is 0 Å². The molecule has 1 heterocycles. The van der Waals surface area contributed by atoms with Crippen LogP contribution in [-0.2, 0) is 29.9 Å². The van der Waals surface area contributed by atoms with E-state index in [2.05, 4.69) is 54.3 Å². The van der Waals surface area contributed by atoms with E-state index in [1.807, 2.05) is 45.2 Å². The molecule has 0 saturated heterocycles. The van der Waals surface area contributed by atoms with Crippen molar-refractivity contribution in [1.82, 2.24) is 4.98 Å². The molecule has 1 aromatic heterocycles. The number of hydrogen-bond donors (Lipinski definition) is 0. The monoisotopic (exact) mass is 523 g/mol. The summed E-state index contributed by atoms with van der Waals surface area (Å²) < 4.78 is 0. The van der Waals surface area contributed by atoms with Gasteiger partial charge in [0.15, 0.2) is 0 Å². The Morgan fingerprint density at radius 1 is 1.00 bits per heavy atom. The molecule has 0 radical (unpaired) electrons. The minimum absolute atomic E-state index is 0. The van der Waals surface area contributed by atoms with E-state index in [1.54, 1.807) is 13.1 Å². The third-order valence-corrected chi connectivity index (χ3v) is 5.23. The maximum absolute atomic E-state index is 5.98. The first-order valence-corrected chi connectivity index (χ1v) is 11.0. The summed E-state index contributed by atoms with van der Waals surface area (Å²) in [7, 11) is 0. The van der Waals surface area contributed by atoms with E-state index < -0.39 is 0 Å². The van der Waals surface area contributed by atoms with Gasteiger partial charge < -0.3 is 17.4 Å². The fourth-order valence-electron chi connectivity index (χ4n) is 3.33. The molecule has 0 N–H and O–H groups in total. The molecule has 0 bridgehead atoms. The average Bonchev–Trinajstić information content (AvgIpc) is 2.77. The summed E-state index contributed by atoms with van der Waals surface area (Å²) in [5, 5.41) is 0.696. The Labute approximate surface area is 220 Å². The minimum atomic E-state index is 0. The van der Waals surface area contributed by atoms with Crippen LogP contribution in [0.5, 0.6) is 0 Å². The van der Waals surface area contributed by atoms with Crippen LogP contribution in [0.2, 0.25) is 5.02 Å². The second-order valence-corrected chi connectivity index (χ2v) is 7.73. The van der Waals surface area contributed by atoms with E-state index in [4.69, 9.17) is 16.6 Å². The fraction of sp³-hybridized carbons (Fsp3) is 0.296. The number of hydrogen-bond acceptors (Lipinski definition) is 3. The van der Waals surface area contributed by atoms with E-state index in [0.717, 1.165) is 46.6 Å². The number of para-hydroxylation sites is 1. The van der Waals surface area contributed by atoms with Gasteiger partial charge in [-0.2, -0.15) is 6.21 Å². The molecule has 0 amide bonds. The number of rotatable bonds is 5. The van der Waals surface area contributed by atoms with Gasteiger partial charge >= 0.3 is 17.1 Å². The van der Waals surface area contributed by atoms with Gasteiger partial charge in [0.1, 0.15) is 0 Å². The number of pyridine rings is 1. The van der Waals surface area contributed by atoms with Gasteiger partial charge in [-0.05, 0) is 48.9 Å². The molecule has 2 aromatic carbocycles. The molecule has 3 nitrogen and oxygen atoms in total. The molecule has 33 heavy (non-hydrogen) atoms. The Bertz CT molecular complexity index is 1020. The SMILES string of the molecule is CCc1cccc(CC)c1N=C(C)c1cccnc1.C[C-]=Nc1c(C)cc(C)cc1Cl.[Cl-].[Fe+2]. The minimum Gasteiger partial charge on any atom is -1.00 e. The quantitative estimate of drug-likeness (QED) is 0.266. The van der Waals surface area contributed by atoms with Crippen LogP contribution in [0.4, 0.5) is 11.4 Å². The Balaban J connectivity index is 0.000000640. The predicted molar refractivity (Wildman–Crippen MR) is 135 cm³/mol. The molecule has 0 aliphatic heterocycles. The van der Waals surface area contributed by atoms with E-state index in [-0.39, 0.29) is 29.5 Å². The van der Waals surface area contributed by atoms with Gasteiger partial charge in [0, 0.05) is 23.7 Å². The second-order valence-electron chi connectivity index (χ2n) is 7.32. The molecule has 3 rings (SSSR count). The molecular weight excluding hydrogens is 493 g/mol. The molecule has 176 valence electrons. The maximum Gasteiger partial charge on any atom is 2.00 e. The number of halogens is 2. The third-order valence-electron chi connectivity index (χ3n) is 4.95. The van der Waals surface area contributed by atoms with Crippen molar-refractivity contribution in [2.24, 2.45) is 9.98 Å². The topological polar surface area (TPSA) is 37.6 Å². The van der Waals surface area contributed by atoms with Gasteiger partial charge in [0.2, 0.25) is 0 Å². The average molecular weight is 524 g/mol. The summed E-state index contributed by atoms with van der Waals surface area (Å²) in [4.78, 5) is 13.1. The number of nitrogens with zero attached hydrogens (tertiary/aromatic N) is 3. The third kappa shape index (κ3) is 9.06. The largest absolute Gasteiger partial charge is 2.00 e. The Hall–Kier alpha value is -1.97. The van der Waals surface area contributed by atoms with E-state index in [0.29, 0.717) is 5.02 Å². The first-order chi connectivity index (χ1) is 14.9. The smallest absolute Gasteiger partial charge is 1.00 e. The fourth-order valence-corrected chi connectivity index (χ4v) is 3.69. The van der Waals surface area contributed by atoms with Crippen molar-refractivity contribution in [3.63, 3.8) is 0 Å². The maximum atomic E-state index is 5.98. The standard InChI is InChI=1S/C17H20N2.C10H11ClN.ClH.Fe/c1-4-14-8-6-9-15(5-2)17(14)19-13(3)16-10-7-11-18-12-16;1-4-12-10-8(3)5-7(2)6-9(10)11;;/h6-12H,4-5H2,1-3H3;5-6H,1-3H3;1H;/q;-1;;+2/p-1. The number of aryl methyl sites for hydroxylation is 4. The molecule has 0 atom stereocenters. The van der Waals surface area contributed by atoms with Crippen molar-refractivity contribution in [2.45, 2.75) is 54.4 Å². The molecule has 0 aliphatic rings. The van der Waals surface area contributed by atoms with Gasteiger partial charge in [-0.3, -0.25) is 9.98 Å². The Kier molecular flexibility index (Phi) is 14.9. The molecular formula is C27H31Cl2FeN3. The summed E-state index contributed by atoms with van der Waals surface area (Å²) in [5.41, 5.74) is 8.92. The van der Waals surface area contributed by atoms with Crippen molar-refractivity contribution in [3.8, 4) is 0 Å². The van der Waals surface area contributed by atoms with Crippen molar-refractivity contribution >= 4 is 34.9 Å². The molecule has 0 fully saturated rings. The van der Waals surface area contributed by atoms with Crippen LogP contribution in [0.1, 0.15) is 55.5 Å². The zero-order valence-corrected chi connectivity index (χ0v) is 22.7. The van der Waals surface area contributed by atoms with Crippen LogP contribution in [0, 0.1) is 13.8 Å². The molecule has 0 aliphatic carbocycles. The van der Waals surface area contributed by atoms with Gasteiger partial charge in [-0.25, -0.2) is 0 Å². The normalized spacial score (nSPS) is 10.7. The van der Waals surface area contributed by atoms with Crippen LogP contribution in [-0.4, -0.2) is 16.9 Å². The summed E-state index contributed by atoms with van der Waals surface area (Å²) in [6.45, 7) is 12.2. The first-order valence-electron chi connectivity index (χ1n) is 10.6. The van der Waals surface area contributed by atoms with Crippen LogP contribution >= 0.6 is 11.6 Å². The number of aliphatic imine (C=N–C) groups is 2. The molecule has 3 aromatic rings. The molecule has 6 heteroatoms. The van der Waals surface area contributed by atoms with Crippen LogP contribution in [0.3, 0.4) is 0 Å². The van der Waals surface area contributed by atoms with Gasteiger partial charge in [-0.15, -0.1) is 24.1 Å². The zero-order chi connectivity index (χ0) is 22.8. The van der Waals surface area contributed by atoms with Crippen molar-refractivity contribution in [1.29, 1.82) is 0 Å². The van der Waals surface area contributed by atoms with Crippen LogP contribution < -0.4 is 12.4 Å². The van der Waals surface area contributed by atoms with Gasteiger partial charge in [0.05, 0.1) is 5.69 Å². The second kappa shape index (κ2) is 15.8. The summed E-state index contributed by atoms with van der Waals surface area (Å²) >= 11 is 5.98. The summed E-state index contributed by atoms with van der Waals surface area (Å²) in [5.74, 6) is 0. The van der Waals surface area contributed by atoms with Crippen LogP contribution in [0.15, 0.2) is 64.8 Å².